The molecule has 4 nitrogen and oxygen atoms in total. The van der Waals surface area contributed by atoms with Crippen molar-refractivity contribution in [1.82, 2.24) is 9.88 Å². The molecule has 0 bridgehead atoms. The molecule has 0 saturated carbocycles. The Morgan fingerprint density at radius 2 is 2.08 bits per heavy atom. The number of carbonyl (C=O) groups is 1. The second kappa shape index (κ2) is 7.34. The topological polar surface area (TPSA) is 48.1 Å². The maximum Gasteiger partial charge on any atom is 0.211 e. The minimum Gasteiger partial charge on any atom is -0.358 e. The maximum atomic E-state index is 10.8. The van der Waals surface area contributed by atoms with E-state index >= 15 is 0 Å². The first-order valence-electron chi connectivity index (χ1n) is 9.40. The van der Waals surface area contributed by atoms with Crippen molar-refractivity contribution >= 4 is 23.0 Å². The summed E-state index contributed by atoms with van der Waals surface area (Å²) in [7, 11) is 0. The van der Waals surface area contributed by atoms with Crippen LogP contribution in [0.3, 0.4) is 0 Å². The molecule has 1 unspecified atom stereocenters. The molecule has 0 spiro atoms. The molecule has 0 fully saturated rings. The first kappa shape index (κ1) is 16.9. The summed E-state index contributed by atoms with van der Waals surface area (Å²) in [6.07, 6.45) is 4.05. The molecular formula is C22H25N3O. The molecule has 1 aromatic heterocycles. The fraction of sp³-hybridized carbons (Fsp3) is 0.318. The van der Waals surface area contributed by atoms with Crippen LogP contribution >= 0.6 is 0 Å². The third-order valence-electron chi connectivity index (χ3n) is 5.54. The van der Waals surface area contributed by atoms with Crippen molar-refractivity contribution in [3.05, 3.63) is 65.4 Å². The molecule has 4 heteroatoms. The van der Waals surface area contributed by atoms with Crippen molar-refractivity contribution < 1.29 is 4.79 Å². The molecule has 3 aromatic rings. The number of aromatic amines is 1. The number of likely N-dealkylation sites (N-methyl/N-ethyl adjacent to an activating group) is 1. The first-order chi connectivity index (χ1) is 12.8. The van der Waals surface area contributed by atoms with Crippen LogP contribution in [-0.2, 0) is 24.2 Å². The normalized spacial score (nSPS) is 16.6. The molecule has 2 N–H and O–H groups in total. The number of amides is 1. The molecule has 0 saturated heterocycles. The van der Waals surface area contributed by atoms with Crippen LogP contribution in [0.4, 0.5) is 5.69 Å². The Morgan fingerprint density at radius 1 is 1.23 bits per heavy atom. The van der Waals surface area contributed by atoms with E-state index in [-0.39, 0.29) is 0 Å². The molecule has 1 aliphatic rings. The molecule has 0 radical (unpaired) electrons. The van der Waals surface area contributed by atoms with Gasteiger partial charge in [-0.25, -0.2) is 0 Å². The number of aromatic nitrogens is 1. The number of hydrogen-bond donors (Lipinski definition) is 2. The molecular weight excluding hydrogens is 322 g/mol. The largest absolute Gasteiger partial charge is 0.358 e. The Bertz CT molecular complexity index is 900. The molecule has 26 heavy (non-hydrogen) atoms. The van der Waals surface area contributed by atoms with E-state index in [2.05, 4.69) is 64.6 Å². The summed E-state index contributed by atoms with van der Waals surface area (Å²) in [6, 6.07) is 17.4. The predicted molar refractivity (Wildman–Crippen MR) is 106 cm³/mol. The number of anilines is 1. The van der Waals surface area contributed by atoms with Gasteiger partial charge in [0.15, 0.2) is 0 Å². The highest BCUT2D eigenvalue weighted by Crippen LogP contribution is 2.32. The third-order valence-corrected chi connectivity index (χ3v) is 5.54. The summed E-state index contributed by atoms with van der Waals surface area (Å²) in [5.74, 6) is 0. The predicted octanol–water partition coefficient (Wildman–Crippen LogP) is 4.12. The second-order valence-electron chi connectivity index (χ2n) is 7.05. The fourth-order valence-electron chi connectivity index (χ4n) is 4.19. The van der Waals surface area contributed by atoms with E-state index in [9.17, 15) is 4.79 Å². The summed E-state index contributed by atoms with van der Waals surface area (Å²) < 4.78 is 0. The minimum atomic E-state index is 0.550. The van der Waals surface area contributed by atoms with E-state index in [0.717, 1.165) is 38.0 Å². The van der Waals surface area contributed by atoms with Gasteiger partial charge >= 0.3 is 0 Å². The minimum absolute atomic E-state index is 0.550. The van der Waals surface area contributed by atoms with Crippen LogP contribution in [0.1, 0.15) is 30.2 Å². The van der Waals surface area contributed by atoms with Gasteiger partial charge in [-0.1, -0.05) is 37.3 Å². The molecule has 1 aliphatic carbocycles. The van der Waals surface area contributed by atoms with E-state index in [1.807, 2.05) is 6.07 Å². The molecule has 134 valence electrons. The Labute approximate surface area is 154 Å². The first-order valence-corrected chi connectivity index (χ1v) is 9.40. The quantitative estimate of drug-likeness (QED) is 0.659. The summed E-state index contributed by atoms with van der Waals surface area (Å²) in [5, 5.41) is 4.01. The zero-order valence-corrected chi connectivity index (χ0v) is 15.2. The number of carbonyl (C=O) groups excluding carboxylic acids is 1. The summed E-state index contributed by atoms with van der Waals surface area (Å²) in [4.78, 5) is 16.9. The zero-order chi connectivity index (χ0) is 17.9. The molecule has 2 aromatic carbocycles. The van der Waals surface area contributed by atoms with Gasteiger partial charge in [0.25, 0.3) is 0 Å². The van der Waals surface area contributed by atoms with Gasteiger partial charge < -0.3 is 10.3 Å². The van der Waals surface area contributed by atoms with E-state index in [4.69, 9.17) is 0 Å². The number of H-pyrrole nitrogens is 1. The van der Waals surface area contributed by atoms with Crippen molar-refractivity contribution in [1.29, 1.82) is 0 Å². The Hall–Kier alpha value is -2.59. The fourth-order valence-corrected chi connectivity index (χ4v) is 4.19. The maximum absolute atomic E-state index is 10.8. The van der Waals surface area contributed by atoms with Crippen LogP contribution in [0.25, 0.3) is 10.9 Å². The van der Waals surface area contributed by atoms with Crippen molar-refractivity contribution in [3.8, 4) is 0 Å². The standard InChI is InChI=1S/C22H25N3O/c1-2-25(14-16-6-4-3-5-7-16)18-9-11-22-20(13-18)19-12-17(23-15-26)8-10-21(19)24-22/h3-8,10,12,15,18,24H,2,9,11,13-14H2,1H3,(H,23,26). The number of benzene rings is 2. The summed E-state index contributed by atoms with van der Waals surface area (Å²) in [5.41, 5.74) is 6.16. The molecule has 1 heterocycles. The number of aryl methyl sites for hydroxylation is 1. The van der Waals surface area contributed by atoms with E-state index < -0.39 is 0 Å². The number of nitrogens with zero attached hydrogens (tertiary/aromatic N) is 1. The van der Waals surface area contributed by atoms with Gasteiger partial charge in [0.2, 0.25) is 6.41 Å². The molecule has 1 amide bonds. The average Bonchev–Trinajstić information content (AvgIpc) is 3.04. The van der Waals surface area contributed by atoms with Crippen LogP contribution in [0.15, 0.2) is 48.5 Å². The van der Waals surface area contributed by atoms with Crippen LogP contribution in [-0.4, -0.2) is 28.9 Å². The van der Waals surface area contributed by atoms with Crippen LogP contribution in [0, 0.1) is 0 Å². The lowest BCUT2D eigenvalue weighted by molar-refractivity contribution is -0.105. The highest BCUT2D eigenvalue weighted by atomic mass is 16.1. The average molecular weight is 347 g/mol. The van der Waals surface area contributed by atoms with Crippen LogP contribution in [0.5, 0.6) is 0 Å². The van der Waals surface area contributed by atoms with Gasteiger partial charge in [0, 0.05) is 34.9 Å². The lowest BCUT2D eigenvalue weighted by Crippen LogP contribution is -2.38. The number of fused-ring (bicyclic) bond motifs is 3. The SMILES string of the molecule is CCN(Cc1ccccc1)C1CCc2[nH]c3ccc(NC=O)cc3c2C1. The van der Waals surface area contributed by atoms with Gasteiger partial charge in [-0.3, -0.25) is 9.69 Å². The van der Waals surface area contributed by atoms with E-state index in [1.165, 1.54) is 34.1 Å². The Balaban J connectivity index is 1.60. The number of rotatable bonds is 6. The van der Waals surface area contributed by atoms with Crippen molar-refractivity contribution in [2.24, 2.45) is 0 Å². The van der Waals surface area contributed by atoms with Crippen molar-refractivity contribution in [2.75, 3.05) is 11.9 Å². The highest BCUT2D eigenvalue weighted by Gasteiger charge is 2.26. The number of nitrogens with one attached hydrogen (secondary N) is 2. The Kier molecular flexibility index (Phi) is 4.76. The van der Waals surface area contributed by atoms with Crippen molar-refractivity contribution in [2.45, 2.75) is 38.8 Å². The molecule has 0 aliphatic heterocycles. The van der Waals surface area contributed by atoms with Crippen molar-refractivity contribution in [3.63, 3.8) is 0 Å². The van der Waals surface area contributed by atoms with Crippen LogP contribution in [0.2, 0.25) is 0 Å². The Morgan fingerprint density at radius 3 is 2.85 bits per heavy atom. The zero-order valence-electron chi connectivity index (χ0n) is 15.2. The van der Waals surface area contributed by atoms with E-state index in [0.29, 0.717) is 6.04 Å². The smallest absolute Gasteiger partial charge is 0.211 e. The third kappa shape index (κ3) is 3.25. The van der Waals surface area contributed by atoms with Gasteiger partial charge in [-0.05, 0) is 55.1 Å². The lowest BCUT2D eigenvalue weighted by Gasteiger charge is -2.33. The van der Waals surface area contributed by atoms with Crippen LogP contribution < -0.4 is 5.32 Å². The molecule has 1 atom stereocenters. The van der Waals surface area contributed by atoms with Gasteiger partial charge in [0.05, 0.1) is 0 Å². The summed E-state index contributed by atoms with van der Waals surface area (Å²) in [6.45, 7) is 4.30. The second-order valence-corrected chi connectivity index (χ2v) is 7.05. The highest BCUT2D eigenvalue weighted by molar-refractivity contribution is 5.89. The van der Waals surface area contributed by atoms with Gasteiger partial charge in [0.1, 0.15) is 0 Å². The van der Waals surface area contributed by atoms with Gasteiger partial charge in [-0.2, -0.15) is 0 Å². The molecule has 4 rings (SSSR count). The number of hydrogen-bond acceptors (Lipinski definition) is 2. The van der Waals surface area contributed by atoms with Gasteiger partial charge in [-0.15, -0.1) is 0 Å². The van der Waals surface area contributed by atoms with E-state index in [1.54, 1.807) is 0 Å². The summed E-state index contributed by atoms with van der Waals surface area (Å²) >= 11 is 0. The lowest BCUT2D eigenvalue weighted by atomic mass is 9.90. The monoisotopic (exact) mass is 347 g/mol.